The summed E-state index contributed by atoms with van der Waals surface area (Å²) < 4.78 is 4.39. The molecule has 0 unspecified atom stereocenters. The highest BCUT2D eigenvalue weighted by Crippen LogP contribution is 1.83. The molecule has 0 atom stereocenters. The van der Waals surface area contributed by atoms with Crippen LogP contribution in [0.1, 0.15) is 40.5 Å². The first-order chi connectivity index (χ1) is 5.04. The Morgan fingerprint density at radius 3 is 1.73 bits per heavy atom. The van der Waals surface area contributed by atoms with Gasteiger partial charge < -0.3 is 10.5 Å². The van der Waals surface area contributed by atoms with Gasteiger partial charge in [-0.05, 0) is 13.8 Å². The van der Waals surface area contributed by atoms with E-state index in [1.807, 2.05) is 0 Å². The Morgan fingerprint density at radius 1 is 1.36 bits per heavy atom. The molecule has 1 amide bonds. The van der Waals surface area contributed by atoms with Gasteiger partial charge in [-0.15, -0.1) is 0 Å². The molecule has 0 aromatic carbocycles. The van der Waals surface area contributed by atoms with Gasteiger partial charge in [0.25, 0.3) is 0 Å². The number of primary amides is 1. The number of rotatable bonds is 2. The molecule has 2 N–H and O–H groups in total. The fourth-order valence-electron chi connectivity index (χ4n) is 0.232. The van der Waals surface area contributed by atoms with Crippen LogP contribution in [0.2, 0.25) is 0 Å². The van der Waals surface area contributed by atoms with Gasteiger partial charge in [0.1, 0.15) is 0 Å². The molecule has 3 heteroatoms. The summed E-state index contributed by atoms with van der Waals surface area (Å²) in [6, 6.07) is 0. The van der Waals surface area contributed by atoms with Crippen LogP contribution in [0.25, 0.3) is 0 Å². The molecule has 11 heavy (non-hydrogen) atoms. The largest absolute Gasteiger partial charge is 0.447 e. The molecule has 0 fully saturated rings. The maximum Gasteiger partial charge on any atom is 0.404 e. The maximum atomic E-state index is 9.81. The van der Waals surface area contributed by atoms with Crippen molar-refractivity contribution in [2.24, 2.45) is 5.73 Å². The van der Waals surface area contributed by atoms with Gasteiger partial charge in [0, 0.05) is 0 Å². The first kappa shape index (κ1) is 12.9. The third-order valence-electron chi connectivity index (χ3n) is 0.852. The summed E-state index contributed by atoms with van der Waals surface area (Å²) in [5.74, 6) is 0. The second-order valence-electron chi connectivity index (χ2n) is 2.49. The third kappa shape index (κ3) is 26.9. The minimum absolute atomic E-state index is 0.0995. The second-order valence-corrected chi connectivity index (χ2v) is 2.49. The predicted octanol–water partition coefficient (Wildman–Crippen LogP) is 2.30. The van der Waals surface area contributed by atoms with E-state index in [9.17, 15) is 4.79 Å². The first-order valence-corrected chi connectivity index (χ1v) is 4.00. The van der Waals surface area contributed by atoms with Crippen LogP contribution in [-0.2, 0) is 4.74 Å². The normalized spacial score (nSPS) is 8.45. The van der Waals surface area contributed by atoms with E-state index in [4.69, 9.17) is 0 Å². The number of amides is 1. The summed E-state index contributed by atoms with van der Waals surface area (Å²) in [5.41, 5.74) is 4.63. The quantitative estimate of drug-likeness (QED) is 0.675. The van der Waals surface area contributed by atoms with Crippen molar-refractivity contribution in [1.82, 2.24) is 0 Å². The number of hydrogen-bond acceptors (Lipinski definition) is 2. The van der Waals surface area contributed by atoms with Gasteiger partial charge in [-0.1, -0.05) is 26.7 Å². The lowest BCUT2D eigenvalue weighted by molar-refractivity contribution is 0.125. The Hall–Kier alpha value is -0.730. The molecule has 0 saturated carbocycles. The lowest BCUT2D eigenvalue weighted by Gasteiger charge is -2.01. The minimum atomic E-state index is -0.713. The van der Waals surface area contributed by atoms with Crippen molar-refractivity contribution in [3.8, 4) is 0 Å². The van der Waals surface area contributed by atoms with Gasteiger partial charge in [0.2, 0.25) is 0 Å². The molecule has 0 radical (unpaired) electrons. The Morgan fingerprint density at radius 2 is 1.73 bits per heavy atom. The van der Waals surface area contributed by atoms with Gasteiger partial charge in [-0.3, -0.25) is 0 Å². The zero-order valence-corrected chi connectivity index (χ0v) is 7.89. The van der Waals surface area contributed by atoms with Gasteiger partial charge in [-0.25, -0.2) is 4.79 Å². The van der Waals surface area contributed by atoms with Crippen LogP contribution >= 0.6 is 0 Å². The van der Waals surface area contributed by atoms with Gasteiger partial charge in [0.15, 0.2) is 0 Å². The maximum absolute atomic E-state index is 9.81. The molecule has 0 aromatic rings. The zero-order valence-electron chi connectivity index (χ0n) is 7.89. The molecule has 68 valence electrons. The Kier molecular flexibility index (Phi) is 10.9. The fourth-order valence-corrected chi connectivity index (χ4v) is 0.232. The lowest BCUT2D eigenvalue weighted by Crippen LogP contribution is -2.17. The van der Waals surface area contributed by atoms with E-state index in [2.05, 4.69) is 24.3 Å². The standard InChI is InChI=1S/C4H9NO2.C4H10/c1-3(2)7-4(5)6;1-3-4-2/h3H,1-2H3,(H2,5,6);3-4H2,1-2H3. The van der Waals surface area contributed by atoms with Crippen molar-refractivity contribution in [2.75, 3.05) is 0 Å². The molecule has 3 nitrogen and oxygen atoms in total. The van der Waals surface area contributed by atoms with Crippen molar-refractivity contribution < 1.29 is 9.53 Å². The number of hydrogen-bond donors (Lipinski definition) is 1. The van der Waals surface area contributed by atoms with Crippen LogP contribution in [0.4, 0.5) is 4.79 Å². The average molecular weight is 161 g/mol. The monoisotopic (exact) mass is 161 g/mol. The van der Waals surface area contributed by atoms with Crippen LogP contribution in [0.15, 0.2) is 0 Å². The fraction of sp³-hybridized carbons (Fsp3) is 0.875. The Labute approximate surface area is 68.9 Å². The van der Waals surface area contributed by atoms with E-state index < -0.39 is 6.09 Å². The molecule has 0 aliphatic rings. The van der Waals surface area contributed by atoms with Crippen molar-refractivity contribution in [3.63, 3.8) is 0 Å². The van der Waals surface area contributed by atoms with E-state index in [0.29, 0.717) is 0 Å². The molecule has 0 aromatic heterocycles. The first-order valence-electron chi connectivity index (χ1n) is 4.00. The molecule has 0 aliphatic heterocycles. The smallest absolute Gasteiger partial charge is 0.404 e. The van der Waals surface area contributed by atoms with Crippen molar-refractivity contribution in [2.45, 2.75) is 46.6 Å². The molecule has 0 rings (SSSR count). The van der Waals surface area contributed by atoms with Crippen molar-refractivity contribution in [3.05, 3.63) is 0 Å². The van der Waals surface area contributed by atoms with Crippen LogP contribution in [0.3, 0.4) is 0 Å². The van der Waals surface area contributed by atoms with E-state index in [0.717, 1.165) is 0 Å². The third-order valence-corrected chi connectivity index (χ3v) is 0.852. The second kappa shape index (κ2) is 9.27. The van der Waals surface area contributed by atoms with Gasteiger partial charge in [0.05, 0.1) is 6.10 Å². The number of nitrogens with two attached hydrogens (primary N) is 1. The van der Waals surface area contributed by atoms with E-state index in [-0.39, 0.29) is 6.10 Å². The summed E-state index contributed by atoms with van der Waals surface area (Å²) >= 11 is 0. The summed E-state index contributed by atoms with van der Waals surface area (Å²) in [6.45, 7) is 7.84. The number of ether oxygens (including phenoxy) is 1. The molecular formula is C8H19NO2. The predicted molar refractivity (Wildman–Crippen MR) is 46.4 cm³/mol. The van der Waals surface area contributed by atoms with Crippen molar-refractivity contribution >= 4 is 6.09 Å². The van der Waals surface area contributed by atoms with Crippen LogP contribution < -0.4 is 5.73 Å². The Bertz CT molecular complexity index is 90.1. The lowest BCUT2D eigenvalue weighted by atomic mass is 10.4. The molecule has 0 spiro atoms. The molecule has 0 bridgehead atoms. The highest BCUT2D eigenvalue weighted by atomic mass is 16.6. The van der Waals surface area contributed by atoms with E-state index >= 15 is 0 Å². The van der Waals surface area contributed by atoms with E-state index in [1.54, 1.807) is 13.8 Å². The average Bonchev–Trinajstić information content (AvgIpc) is 1.85. The highest BCUT2D eigenvalue weighted by Gasteiger charge is 1.94. The number of unbranched alkanes of at least 4 members (excludes halogenated alkanes) is 1. The molecule has 0 aliphatic carbocycles. The van der Waals surface area contributed by atoms with Crippen LogP contribution in [0, 0.1) is 0 Å². The Balaban J connectivity index is 0. The summed E-state index contributed by atoms with van der Waals surface area (Å²) in [4.78, 5) is 9.81. The molecule has 0 heterocycles. The molecular weight excluding hydrogens is 142 g/mol. The zero-order chi connectivity index (χ0) is 9.28. The highest BCUT2D eigenvalue weighted by molar-refractivity contribution is 5.64. The summed E-state index contributed by atoms with van der Waals surface area (Å²) in [6.07, 6.45) is 1.83. The summed E-state index contributed by atoms with van der Waals surface area (Å²) in [5, 5.41) is 0. The van der Waals surface area contributed by atoms with Crippen LogP contribution in [-0.4, -0.2) is 12.2 Å². The number of carbonyl (C=O) groups excluding carboxylic acids is 1. The van der Waals surface area contributed by atoms with Gasteiger partial charge in [-0.2, -0.15) is 0 Å². The van der Waals surface area contributed by atoms with Gasteiger partial charge >= 0.3 is 6.09 Å². The number of carbonyl (C=O) groups is 1. The summed E-state index contributed by atoms with van der Waals surface area (Å²) in [7, 11) is 0. The minimum Gasteiger partial charge on any atom is -0.447 e. The van der Waals surface area contributed by atoms with Crippen LogP contribution in [0.5, 0.6) is 0 Å². The SMILES string of the molecule is CC(C)OC(N)=O.CCCC. The topological polar surface area (TPSA) is 52.3 Å². The van der Waals surface area contributed by atoms with Crippen molar-refractivity contribution in [1.29, 1.82) is 0 Å². The molecule has 0 saturated heterocycles. The van der Waals surface area contributed by atoms with E-state index in [1.165, 1.54) is 12.8 Å².